The first-order valence-corrected chi connectivity index (χ1v) is 3.56. The molecule has 0 saturated carbocycles. The predicted octanol–water partition coefficient (Wildman–Crippen LogP) is -0.607. The number of aromatic nitrogens is 2. The fraction of sp³-hybridized carbons (Fsp3) is 0. The van der Waals surface area contributed by atoms with E-state index in [0.717, 1.165) is 0 Å². The lowest BCUT2D eigenvalue weighted by atomic mass is 10.6. The minimum absolute atomic E-state index is 0.156. The Morgan fingerprint density at radius 3 is 2.85 bits per heavy atom. The molecule has 0 spiro atoms. The van der Waals surface area contributed by atoms with Crippen molar-refractivity contribution < 1.29 is 4.79 Å². The fourth-order valence-electron chi connectivity index (χ4n) is 0.630. The van der Waals surface area contributed by atoms with Crippen molar-refractivity contribution in [3.05, 3.63) is 17.5 Å². The molecule has 0 radical (unpaired) electrons. The van der Waals surface area contributed by atoms with Crippen molar-refractivity contribution >= 4 is 23.4 Å². The van der Waals surface area contributed by atoms with Crippen LogP contribution in [0.4, 0.5) is 10.6 Å². The van der Waals surface area contributed by atoms with Gasteiger partial charge < -0.3 is 0 Å². The number of carbonyl (C=O) groups excluding carboxylic acids is 1. The molecule has 5 N–H and O–H groups in total. The summed E-state index contributed by atoms with van der Waals surface area (Å²) in [5.41, 5.74) is 1.84. The van der Waals surface area contributed by atoms with Gasteiger partial charge in [-0.3, -0.25) is 5.43 Å². The van der Waals surface area contributed by atoms with Crippen molar-refractivity contribution in [1.29, 1.82) is 0 Å². The molecule has 0 aliphatic heterocycles. The molecule has 1 aromatic heterocycles. The van der Waals surface area contributed by atoms with Crippen molar-refractivity contribution in [3.8, 4) is 0 Å². The van der Waals surface area contributed by atoms with Gasteiger partial charge in [-0.15, -0.1) is 0 Å². The number of nitrogens with one attached hydrogen (secondary N) is 1. The van der Waals surface area contributed by atoms with Gasteiger partial charge in [0.2, 0.25) is 0 Å². The average molecular weight is 203 g/mol. The molecule has 1 heterocycles. The van der Waals surface area contributed by atoms with E-state index in [1.165, 1.54) is 12.4 Å². The smallest absolute Gasteiger partial charge is 0.274 e. The van der Waals surface area contributed by atoms with Gasteiger partial charge in [-0.1, -0.05) is 11.6 Å². The lowest BCUT2D eigenvalue weighted by Gasteiger charge is -2.13. The second-order valence-electron chi connectivity index (χ2n) is 2.02. The normalized spacial score (nSPS) is 9.46. The van der Waals surface area contributed by atoms with Gasteiger partial charge in [0.1, 0.15) is 11.5 Å². The number of halogens is 1. The van der Waals surface area contributed by atoms with Crippen molar-refractivity contribution in [2.45, 2.75) is 0 Å². The van der Waals surface area contributed by atoms with E-state index in [1.807, 2.05) is 5.43 Å². The largest absolute Gasteiger partial charge is 0.351 e. The van der Waals surface area contributed by atoms with Crippen LogP contribution in [0.5, 0.6) is 0 Å². The first-order valence-electron chi connectivity index (χ1n) is 3.18. The molecule has 2 amide bonds. The van der Waals surface area contributed by atoms with Crippen molar-refractivity contribution in [2.75, 3.05) is 5.01 Å². The van der Waals surface area contributed by atoms with Crippen LogP contribution in [-0.4, -0.2) is 16.0 Å². The molecule has 0 aliphatic rings. The molecular weight excluding hydrogens is 196 g/mol. The summed E-state index contributed by atoms with van der Waals surface area (Å²) in [6.07, 6.45) is 1.18. The maximum atomic E-state index is 10.9. The molecule has 0 fully saturated rings. The number of hydrogen-bond donors (Lipinski definition) is 3. The van der Waals surface area contributed by atoms with Crippen LogP contribution < -0.4 is 22.1 Å². The van der Waals surface area contributed by atoms with Gasteiger partial charge in [0.25, 0.3) is 0 Å². The van der Waals surface area contributed by atoms with E-state index in [2.05, 4.69) is 9.97 Å². The van der Waals surface area contributed by atoms with Crippen LogP contribution in [0.2, 0.25) is 5.15 Å². The molecule has 0 atom stereocenters. The molecule has 1 aromatic rings. The van der Waals surface area contributed by atoms with E-state index >= 15 is 0 Å². The lowest BCUT2D eigenvalue weighted by molar-refractivity contribution is 0.246. The molecule has 0 aromatic carbocycles. The number of rotatable bonds is 1. The van der Waals surface area contributed by atoms with Crippen LogP contribution in [0.1, 0.15) is 0 Å². The summed E-state index contributed by atoms with van der Waals surface area (Å²) in [5.74, 6) is 10.3. The Balaban J connectivity index is 2.88. The van der Waals surface area contributed by atoms with Crippen LogP contribution >= 0.6 is 11.6 Å². The Kier molecular flexibility index (Phi) is 2.96. The zero-order valence-corrected chi connectivity index (χ0v) is 7.19. The summed E-state index contributed by atoms with van der Waals surface area (Å²) in [5, 5.41) is 0.901. The second-order valence-corrected chi connectivity index (χ2v) is 2.41. The molecule has 0 bridgehead atoms. The molecule has 7 nitrogen and oxygen atoms in total. The number of carbonyl (C=O) groups is 1. The topological polar surface area (TPSA) is 110 Å². The number of nitrogens with two attached hydrogens (primary N) is 2. The molecule has 0 saturated heterocycles. The van der Waals surface area contributed by atoms with Crippen molar-refractivity contribution in [2.24, 2.45) is 11.7 Å². The lowest BCUT2D eigenvalue weighted by Crippen LogP contribution is -2.48. The van der Waals surface area contributed by atoms with Gasteiger partial charge in [0.15, 0.2) is 5.82 Å². The first kappa shape index (κ1) is 9.65. The standard InChI is InChI=1S/C5H7ClN6O/c6-3-1-4(10-2-9-3)12(8)5(13)11-7/h1-2H,7-8H2,(H,11,13). The van der Waals surface area contributed by atoms with E-state index in [-0.39, 0.29) is 11.0 Å². The van der Waals surface area contributed by atoms with Crippen LogP contribution in [0, 0.1) is 0 Å². The van der Waals surface area contributed by atoms with Gasteiger partial charge in [-0.05, 0) is 0 Å². The van der Waals surface area contributed by atoms with E-state index < -0.39 is 6.03 Å². The summed E-state index contributed by atoms with van der Waals surface area (Å²) in [7, 11) is 0. The number of anilines is 1. The molecular formula is C5H7ClN6O. The molecule has 0 unspecified atom stereocenters. The van der Waals surface area contributed by atoms with Crippen molar-refractivity contribution in [3.63, 3.8) is 0 Å². The van der Waals surface area contributed by atoms with Crippen molar-refractivity contribution in [1.82, 2.24) is 15.4 Å². The molecule has 0 aliphatic carbocycles. The number of nitrogens with zero attached hydrogens (tertiary/aromatic N) is 3. The zero-order chi connectivity index (χ0) is 9.84. The maximum absolute atomic E-state index is 10.9. The van der Waals surface area contributed by atoms with Gasteiger partial charge in [0, 0.05) is 6.07 Å². The third-order valence-corrected chi connectivity index (χ3v) is 1.42. The van der Waals surface area contributed by atoms with Gasteiger partial charge >= 0.3 is 6.03 Å². The van der Waals surface area contributed by atoms with Gasteiger partial charge in [-0.2, -0.15) is 0 Å². The number of urea groups is 1. The minimum atomic E-state index is -0.699. The highest BCUT2D eigenvalue weighted by atomic mass is 35.5. The third kappa shape index (κ3) is 2.25. The summed E-state index contributed by atoms with van der Waals surface area (Å²) in [4.78, 5) is 18.2. The Labute approximate surface area is 78.6 Å². The summed E-state index contributed by atoms with van der Waals surface area (Å²) >= 11 is 5.54. The first-order chi connectivity index (χ1) is 6.15. The molecule has 13 heavy (non-hydrogen) atoms. The van der Waals surface area contributed by atoms with E-state index in [0.29, 0.717) is 5.01 Å². The predicted molar refractivity (Wildman–Crippen MR) is 46.4 cm³/mol. The quantitative estimate of drug-likeness (QED) is 0.244. The third-order valence-electron chi connectivity index (χ3n) is 1.21. The Bertz CT molecular complexity index is 318. The van der Waals surface area contributed by atoms with Gasteiger partial charge in [-0.25, -0.2) is 31.5 Å². The highest BCUT2D eigenvalue weighted by Gasteiger charge is 2.11. The number of amides is 2. The van der Waals surface area contributed by atoms with Crippen LogP contribution in [-0.2, 0) is 0 Å². The van der Waals surface area contributed by atoms with Crippen LogP contribution in [0.3, 0.4) is 0 Å². The van der Waals surface area contributed by atoms with E-state index in [1.54, 1.807) is 0 Å². The zero-order valence-electron chi connectivity index (χ0n) is 6.44. The fourth-order valence-corrected chi connectivity index (χ4v) is 0.771. The second kappa shape index (κ2) is 3.99. The van der Waals surface area contributed by atoms with E-state index in [4.69, 9.17) is 23.3 Å². The molecule has 8 heteroatoms. The highest BCUT2D eigenvalue weighted by Crippen LogP contribution is 2.10. The number of hydrogen-bond acceptors (Lipinski definition) is 5. The summed E-state index contributed by atoms with van der Waals surface area (Å²) in [6.45, 7) is 0. The molecule has 1 rings (SSSR count). The summed E-state index contributed by atoms with van der Waals surface area (Å²) in [6, 6.07) is 0.631. The average Bonchev–Trinajstić information content (AvgIpc) is 2.15. The van der Waals surface area contributed by atoms with Gasteiger partial charge in [0.05, 0.1) is 0 Å². The summed E-state index contributed by atoms with van der Waals surface area (Å²) < 4.78 is 0. The van der Waals surface area contributed by atoms with Crippen LogP contribution in [0.25, 0.3) is 0 Å². The SMILES string of the molecule is NNC(=O)N(N)c1cc(Cl)ncn1. The number of hydrazine groups is 2. The highest BCUT2D eigenvalue weighted by molar-refractivity contribution is 6.29. The van der Waals surface area contributed by atoms with Crippen LogP contribution in [0.15, 0.2) is 12.4 Å². The Hall–Kier alpha value is -1.44. The Morgan fingerprint density at radius 1 is 1.62 bits per heavy atom. The molecule has 70 valence electrons. The maximum Gasteiger partial charge on any atom is 0.351 e. The van der Waals surface area contributed by atoms with E-state index in [9.17, 15) is 4.79 Å². The minimum Gasteiger partial charge on any atom is -0.274 e. The monoisotopic (exact) mass is 202 g/mol. The Morgan fingerprint density at radius 2 is 2.31 bits per heavy atom.